The average Bonchev–Trinajstić information content (AvgIpc) is 3.63. The van der Waals surface area contributed by atoms with Gasteiger partial charge in [0.25, 0.3) is 5.91 Å². The SMILES string of the molecule is Cc1cc(N2CCOCC2)nc(NC(=O)c2ccc(NS(=O)(=O)CCO)cc2N2CCC3(CC2)CC3)n1. The Labute approximate surface area is 217 Å². The molecule has 3 heterocycles. The maximum Gasteiger partial charge on any atom is 0.260 e. The summed E-state index contributed by atoms with van der Waals surface area (Å²) in [5.41, 5.74) is 2.64. The predicted molar refractivity (Wildman–Crippen MR) is 142 cm³/mol. The molecular weight excluding hydrogens is 496 g/mol. The highest BCUT2D eigenvalue weighted by atomic mass is 32.2. The van der Waals surface area contributed by atoms with Gasteiger partial charge in [-0.3, -0.25) is 14.8 Å². The molecule has 0 bridgehead atoms. The van der Waals surface area contributed by atoms with E-state index in [4.69, 9.17) is 9.84 Å². The molecule has 1 aliphatic carbocycles. The molecule has 12 heteroatoms. The van der Waals surface area contributed by atoms with Gasteiger partial charge in [0, 0.05) is 37.9 Å². The molecule has 0 radical (unpaired) electrons. The van der Waals surface area contributed by atoms with Crippen LogP contribution in [0.5, 0.6) is 0 Å². The lowest BCUT2D eigenvalue weighted by Gasteiger charge is -2.35. The third kappa shape index (κ3) is 6.13. The highest BCUT2D eigenvalue weighted by molar-refractivity contribution is 7.92. The number of morpholine rings is 1. The molecule has 0 unspecified atom stereocenters. The van der Waals surface area contributed by atoms with Crippen LogP contribution in [0.1, 0.15) is 41.7 Å². The Morgan fingerprint density at radius 3 is 2.46 bits per heavy atom. The van der Waals surface area contributed by atoms with Gasteiger partial charge in [0.05, 0.1) is 42.5 Å². The largest absolute Gasteiger partial charge is 0.395 e. The van der Waals surface area contributed by atoms with Crippen LogP contribution in [0.25, 0.3) is 0 Å². The minimum atomic E-state index is -3.70. The van der Waals surface area contributed by atoms with Crippen LogP contribution < -0.4 is 19.8 Å². The van der Waals surface area contributed by atoms with Gasteiger partial charge >= 0.3 is 0 Å². The number of nitrogens with one attached hydrogen (secondary N) is 2. The number of anilines is 4. The molecule has 2 aliphatic heterocycles. The first kappa shape index (κ1) is 25.7. The van der Waals surface area contributed by atoms with Gasteiger partial charge in [-0.1, -0.05) is 0 Å². The first-order valence-electron chi connectivity index (χ1n) is 12.8. The number of aromatic nitrogens is 2. The summed E-state index contributed by atoms with van der Waals surface area (Å²) in [6.07, 6.45) is 4.62. The minimum absolute atomic E-state index is 0.223. The fourth-order valence-corrected chi connectivity index (χ4v) is 5.86. The topological polar surface area (TPSA) is 137 Å². The molecule has 0 atom stereocenters. The Morgan fingerprint density at radius 2 is 1.78 bits per heavy atom. The Kier molecular flexibility index (Phi) is 7.24. The van der Waals surface area contributed by atoms with Crippen LogP contribution in [-0.2, 0) is 14.8 Å². The number of hydrogen-bond acceptors (Lipinski definition) is 9. The lowest BCUT2D eigenvalue weighted by atomic mass is 9.93. The van der Waals surface area contributed by atoms with E-state index in [9.17, 15) is 13.2 Å². The predicted octanol–water partition coefficient (Wildman–Crippen LogP) is 1.99. The molecule has 1 aromatic heterocycles. The zero-order valence-electron chi connectivity index (χ0n) is 21.1. The summed E-state index contributed by atoms with van der Waals surface area (Å²) in [7, 11) is -3.70. The average molecular weight is 531 g/mol. The van der Waals surface area contributed by atoms with Crippen molar-refractivity contribution >= 4 is 39.1 Å². The Bertz CT molecular complexity index is 1250. The molecule has 1 saturated carbocycles. The van der Waals surface area contributed by atoms with Crippen molar-refractivity contribution in [3.05, 3.63) is 35.5 Å². The summed E-state index contributed by atoms with van der Waals surface area (Å²) in [4.78, 5) is 26.7. The molecule has 1 amide bonds. The van der Waals surface area contributed by atoms with E-state index in [-0.39, 0.29) is 11.9 Å². The number of carbonyl (C=O) groups excluding carboxylic acids is 1. The zero-order valence-corrected chi connectivity index (χ0v) is 21.9. The summed E-state index contributed by atoms with van der Waals surface area (Å²) >= 11 is 0. The molecule has 200 valence electrons. The van der Waals surface area contributed by atoms with Gasteiger partial charge in [-0.15, -0.1) is 0 Å². The summed E-state index contributed by atoms with van der Waals surface area (Å²) in [6.45, 7) is 5.68. The number of ether oxygens (including phenoxy) is 1. The highest BCUT2D eigenvalue weighted by Gasteiger charge is 2.44. The van der Waals surface area contributed by atoms with Crippen LogP contribution in [0.3, 0.4) is 0 Å². The maximum atomic E-state index is 13.5. The molecule has 2 saturated heterocycles. The number of aryl methyl sites for hydroxylation is 1. The summed E-state index contributed by atoms with van der Waals surface area (Å²) < 4.78 is 32.4. The van der Waals surface area contributed by atoms with E-state index in [2.05, 4.69) is 29.8 Å². The monoisotopic (exact) mass is 530 g/mol. The normalized spacial score (nSPS) is 19.1. The lowest BCUT2D eigenvalue weighted by molar-refractivity contribution is 0.102. The lowest BCUT2D eigenvalue weighted by Crippen LogP contribution is -2.37. The van der Waals surface area contributed by atoms with E-state index in [1.54, 1.807) is 18.2 Å². The fraction of sp³-hybridized carbons (Fsp3) is 0.560. The van der Waals surface area contributed by atoms with Crippen molar-refractivity contribution in [1.29, 1.82) is 0 Å². The molecule has 1 aromatic carbocycles. The smallest absolute Gasteiger partial charge is 0.260 e. The Balaban J connectivity index is 1.40. The van der Waals surface area contributed by atoms with Gasteiger partial charge in [-0.05, 0) is 56.2 Å². The number of sulfonamides is 1. The molecule has 3 N–H and O–H groups in total. The number of benzene rings is 1. The number of nitrogens with zero attached hydrogens (tertiary/aromatic N) is 4. The van der Waals surface area contributed by atoms with Crippen LogP contribution in [0.4, 0.5) is 23.1 Å². The molecule has 3 aliphatic rings. The molecular formula is C25H34N6O5S. The van der Waals surface area contributed by atoms with Crippen LogP contribution in [0.15, 0.2) is 24.3 Å². The number of amides is 1. The van der Waals surface area contributed by atoms with Crippen LogP contribution in [0.2, 0.25) is 0 Å². The number of rotatable bonds is 8. The molecule has 11 nitrogen and oxygen atoms in total. The van der Waals surface area contributed by atoms with Gasteiger partial charge in [-0.25, -0.2) is 13.4 Å². The second-order valence-electron chi connectivity index (χ2n) is 10.1. The van der Waals surface area contributed by atoms with Crippen molar-refractivity contribution in [3.8, 4) is 0 Å². The maximum absolute atomic E-state index is 13.5. The van der Waals surface area contributed by atoms with Crippen LogP contribution in [0, 0.1) is 12.3 Å². The third-order valence-corrected chi connectivity index (χ3v) is 8.67. The first-order valence-corrected chi connectivity index (χ1v) is 14.4. The van der Waals surface area contributed by atoms with Gasteiger partial charge in [0.1, 0.15) is 5.82 Å². The van der Waals surface area contributed by atoms with Crippen molar-refractivity contribution in [3.63, 3.8) is 0 Å². The highest BCUT2D eigenvalue weighted by Crippen LogP contribution is 2.54. The van der Waals surface area contributed by atoms with E-state index < -0.39 is 22.4 Å². The molecule has 2 aromatic rings. The van der Waals surface area contributed by atoms with Gasteiger partial charge in [0.2, 0.25) is 16.0 Å². The quantitative estimate of drug-likeness (QED) is 0.468. The summed E-state index contributed by atoms with van der Waals surface area (Å²) in [5, 5.41) is 11.9. The van der Waals surface area contributed by atoms with Crippen molar-refractivity contribution in [2.24, 2.45) is 5.41 Å². The Morgan fingerprint density at radius 1 is 1.05 bits per heavy atom. The second kappa shape index (κ2) is 10.4. The first-order chi connectivity index (χ1) is 17.8. The Hall–Kier alpha value is -2.96. The number of aliphatic hydroxyl groups excluding tert-OH is 1. The van der Waals surface area contributed by atoms with Gasteiger partial charge < -0.3 is 19.6 Å². The molecule has 37 heavy (non-hydrogen) atoms. The van der Waals surface area contributed by atoms with E-state index in [1.165, 1.54) is 12.8 Å². The van der Waals surface area contributed by atoms with E-state index in [0.717, 1.165) is 50.5 Å². The third-order valence-electron chi connectivity index (χ3n) is 7.40. The number of carbonyl (C=O) groups is 1. The minimum Gasteiger partial charge on any atom is -0.395 e. The van der Waals surface area contributed by atoms with Crippen LogP contribution >= 0.6 is 0 Å². The molecule has 1 spiro atoms. The number of aliphatic hydroxyl groups is 1. The van der Waals surface area contributed by atoms with Crippen molar-refractivity contribution in [1.82, 2.24) is 9.97 Å². The van der Waals surface area contributed by atoms with E-state index >= 15 is 0 Å². The summed E-state index contributed by atoms with van der Waals surface area (Å²) in [6, 6.07) is 6.78. The fourth-order valence-electron chi connectivity index (χ4n) is 5.03. The summed E-state index contributed by atoms with van der Waals surface area (Å²) in [5.74, 6) is 0.212. The van der Waals surface area contributed by atoms with Gasteiger partial charge in [0.15, 0.2) is 0 Å². The van der Waals surface area contributed by atoms with E-state index in [0.29, 0.717) is 35.6 Å². The number of piperidine rings is 1. The second-order valence-corrected chi connectivity index (χ2v) is 12.0. The van der Waals surface area contributed by atoms with E-state index in [1.807, 2.05) is 13.0 Å². The van der Waals surface area contributed by atoms with Crippen LogP contribution in [-0.4, -0.2) is 81.2 Å². The molecule has 5 rings (SSSR count). The van der Waals surface area contributed by atoms with Crippen molar-refractivity contribution in [2.75, 3.05) is 71.6 Å². The van der Waals surface area contributed by atoms with Gasteiger partial charge in [-0.2, -0.15) is 4.98 Å². The number of hydrogen-bond donors (Lipinski definition) is 3. The standard InChI is InChI=1S/C25H34N6O5S/c1-18-16-22(31-10-13-36-14-11-31)27-24(26-18)28-23(33)20-3-2-19(29-37(34,35)15-12-32)17-21(20)30-8-6-25(4-5-25)7-9-30/h2-3,16-17,29,32H,4-15H2,1H3,(H,26,27,28,33). The van der Waals surface area contributed by atoms with Crippen molar-refractivity contribution in [2.45, 2.75) is 32.6 Å². The zero-order chi connectivity index (χ0) is 26.0. The van der Waals surface area contributed by atoms with Crippen molar-refractivity contribution < 1.29 is 23.1 Å². The molecule has 3 fully saturated rings.